The zero-order valence-corrected chi connectivity index (χ0v) is 11.1. The molecule has 3 N–H and O–H groups in total. The predicted octanol–water partition coefficient (Wildman–Crippen LogP) is 1.93. The Hall–Kier alpha value is -2.04. The maximum atomic E-state index is 12.0. The summed E-state index contributed by atoms with van der Waals surface area (Å²) in [5, 5.41) is 21.0. The Labute approximate surface area is 112 Å². The predicted molar refractivity (Wildman–Crippen MR) is 71.2 cm³/mol. The molecule has 0 fully saturated rings. The van der Waals surface area contributed by atoms with Crippen molar-refractivity contribution in [1.29, 1.82) is 0 Å². The summed E-state index contributed by atoms with van der Waals surface area (Å²) in [7, 11) is 0. The highest BCUT2D eigenvalue weighted by Gasteiger charge is 2.15. The standard InChI is InChI=1S/C14H19NO4/c1-3-10(7-13(17)18)8-15-14(19)11-5-4-6-12(16)9(11)2/h4-6,10,16H,3,7-8H2,1-2H3,(H,15,19)(H,17,18). The number of nitrogens with one attached hydrogen (secondary N) is 1. The molecule has 0 spiro atoms. The van der Waals surface area contributed by atoms with Crippen molar-refractivity contribution in [3.05, 3.63) is 29.3 Å². The van der Waals surface area contributed by atoms with Crippen molar-refractivity contribution >= 4 is 11.9 Å². The summed E-state index contributed by atoms with van der Waals surface area (Å²) in [6.07, 6.45) is 0.724. The molecule has 1 atom stereocenters. The van der Waals surface area contributed by atoms with Crippen LogP contribution in [0.25, 0.3) is 0 Å². The molecule has 0 heterocycles. The topological polar surface area (TPSA) is 86.6 Å². The van der Waals surface area contributed by atoms with E-state index in [2.05, 4.69) is 5.32 Å². The third-order valence-electron chi connectivity index (χ3n) is 3.14. The molecule has 0 aliphatic heterocycles. The van der Waals surface area contributed by atoms with E-state index in [1.165, 1.54) is 6.07 Å². The molecule has 5 heteroatoms. The second kappa shape index (κ2) is 6.78. The molecule has 0 aliphatic rings. The van der Waals surface area contributed by atoms with Crippen LogP contribution in [-0.4, -0.2) is 28.6 Å². The molecule has 0 saturated carbocycles. The Kier molecular flexibility index (Phi) is 5.36. The molecule has 0 bridgehead atoms. The average molecular weight is 265 g/mol. The molecular formula is C14H19NO4. The molecule has 0 aliphatic carbocycles. The Bertz CT molecular complexity index is 471. The monoisotopic (exact) mass is 265 g/mol. The molecular weight excluding hydrogens is 246 g/mol. The fourth-order valence-corrected chi connectivity index (χ4v) is 1.81. The number of phenolic OH excluding ortho intramolecular Hbond substituents is 1. The molecule has 5 nitrogen and oxygen atoms in total. The molecule has 19 heavy (non-hydrogen) atoms. The van der Waals surface area contributed by atoms with Crippen LogP contribution >= 0.6 is 0 Å². The van der Waals surface area contributed by atoms with Gasteiger partial charge in [-0.3, -0.25) is 9.59 Å². The van der Waals surface area contributed by atoms with Crippen molar-refractivity contribution in [2.45, 2.75) is 26.7 Å². The van der Waals surface area contributed by atoms with Gasteiger partial charge in [0.05, 0.1) is 0 Å². The number of carboxylic acids is 1. The number of amides is 1. The number of aliphatic carboxylic acids is 1. The maximum absolute atomic E-state index is 12.0. The largest absolute Gasteiger partial charge is 0.508 e. The first-order valence-corrected chi connectivity index (χ1v) is 6.24. The lowest BCUT2D eigenvalue weighted by Gasteiger charge is -2.14. The lowest BCUT2D eigenvalue weighted by molar-refractivity contribution is -0.138. The summed E-state index contributed by atoms with van der Waals surface area (Å²) in [4.78, 5) is 22.6. The van der Waals surface area contributed by atoms with Crippen molar-refractivity contribution in [1.82, 2.24) is 5.32 Å². The molecule has 1 rings (SSSR count). The molecule has 0 radical (unpaired) electrons. The first kappa shape index (κ1) is 15.0. The molecule has 0 aromatic heterocycles. The van der Waals surface area contributed by atoms with Crippen molar-refractivity contribution in [3.63, 3.8) is 0 Å². The molecule has 1 unspecified atom stereocenters. The Morgan fingerprint density at radius 1 is 1.37 bits per heavy atom. The van der Waals surface area contributed by atoms with Gasteiger partial charge in [-0.2, -0.15) is 0 Å². The molecule has 0 saturated heterocycles. The summed E-state index contributed by atoms with van der Waals surface area (Å²) < 4.78 is 0. The van der Waals surface area contributed by atoms with E-state index >= 15 is 0 Å². The Morgan fingerprint density at radius 2 is 2.05 bits per heavy atom. The minimum atomic E-state index is -0.866. The average Bonchev–Trinajstić information content (AvgIpc) is 2.37. The van der Waals surface area contributed by atoms with Crippen LogP contribution in [0.5, 0.6) is 5.75 Å². The van der Waals surface area contributed by atoms with Crippen LogP contribution in [0.1, 0.15) is 35.7 Å². The summed E-state index contributed by atoms with van der Waals surface area (Å²) in [5.41, 5.74) is 0.927. The van der Waals surface area contributed by atoms with Crippen molar-refractivity contribution in [3.8, 4) is 5.75 Å². The minimum absolute atomic E-state index is 0.0375. The second-order valence-corrected chi connectivity index (χ2v) is 4.53. The van der Waals surface area contributed by atoms with E-state index in [0.717, 1.165) is 0 Å². The number of aromatic hydroxyl groups is 1. The molecule has 104 valence electrons. The molecule has 1 aromatic rings. The third kappa shape index (κ3) is 4.28. The van der Waals surface area contributed by atoms with Crippen LogP contribution in [0.2, 0.25) is 0 Å². The zero-order valence-electron chi connectivity index (χ0n) is 11.1. The van der Waals surface area contributed by atoms with Crippen LogP contribution in [0, 0.1) is 12.8 Å². The van der Waals surface area contributed by atoms with Crippen molar-refractivity contribution in [2.75, 3.05) is 6.54 Å². The summed E-state index contributed by atoms with van der Waals surface area (Å²) in [6.45, 7) is 3.87. The first-order chi connectivity index (χ1) is 8.95. The van der Waals surface area contributed by atoms with Crippen LogP contribution < -0.4 is 5.32 Å². The Balaban J connectivity index is 2.64. The van der Waals surface area contributed by atoms with Gasteiger partial charge in [0.1, 0.15) is 5.75 Å². The van der Waals surface area contributed by atoms with E-state index in [9.17, 15) is 14.7 Å². The number of carbonyl (C=O) groups excluding carboxylic acids is 1. The van der Waals surface area contributed by atoms with Gasteiger partial charge < -0.3 is 15.5 Å². The van der Waals surface area contributed by atoms with Gasteiger partial charge in [0.25, 0.3) is 5.91 Å². The number of rotatable bonds is 6. The van der Waals surface area contributed by atoms with Gasteiger partial charge >= 0.3 is 5.97 Å². The fourth-order valence-electron chi connectivity index (χ4n) is 1.81. The van der Waals surface area contributed by atoms with Crippen molar-refractivity contribution < 1.29 is 19.8 Å². The number of carbonyl (C=O) groups is 2. The number of benzene rings is 1. The number of hydrogen-bond acceptors (Lipinski definition) is 3. The highest BCUT2D eigenvalue weighted by Crippen LogP contribution is 2.19. The van der Waals surface area contributed by atoms with Gasteiger partial charge in [0.15, 0.2) is 0 Å². The highest BCUT2D eigenvalue weighted by atomic mass is 16.4. The summed E-state index contributed by atoms with van der Waals surface area (Å²) >= 11 is 0. The lowest BCUT2D eigenvalue weighted by atomic mass is 10.0. The van der Waals surface area contributed by atoms with Gasteiger partial charge in [0, 0.05) is 24.1 Å². The fraction of sp³-hybridized carbons (Fsp3) is 0.429. The van der Waals surface area contributed by atoms with E-state index in [0.29, 0.717) is 24.1 Å². The Morgan fingerprint density at radius 3 is 2.63 bits per heavy atom. The lowest BCUT2D eigenvalue weighted by Crippen LogP contribution is -2.30. The van der Waals surface area contributed by atoms with Crippen LogP contribution in [0.4, 0.5) is 0 Å². The minimum Gasteiger partial charge on any atom is -0.508 e. The van der Waals surface area contributed by atoms with Crippen LogP contribution in [0.15, 0.2) is 18.2 Å². The number of carboxylic acid groups (broad SMARTS) is 1. The van der Waals surface area contributed by atoms with Crippen molar-refractivity contribution in [2.24, 2.45) is 5.92 Å². The SMILES string of the molecule is CCC(CNC(=O)c1cccc(O)c1C)CC(=O)O. The maximum Gasteiger partial charge on any atom is 0.303 e. The van der Waals surface area contributed by atoms with Gasteiger partial charge in [-0.1, -0.05) is 19.4 Å². The highest BCUT2D eigenvalue weighted by molar-refractivity contribution is 5.96. The van der Waals surface area contributed by atoms with E-state index < -0.39 is 5.97 Å². The second-order valence-electron chi connectivity index (χ2n) is 4.53. The number of hydrogen-bond donors (Lipinski definition) is 3. The van der Waals surface area contributed by atoms with Gasteiger partial charge in [-0.25, -0.2) is 0 Å². The van der Waals surface area contributed by atoms with Crippen LogP contribution in [0.3, 0.4) is 0 Å². The smallest absolute Gasteiger partial charge is 0.303 e. The molecule has 1 aromatic carbocycles. The van der Waals surface area contributed by atoms with E-state index in [4.69, 9.17) is 5.11 Å². The third-order valence-corrected chi connectivity index (χ3v) is 3.14. The van der Waals surface area contributed by atoms with Crippen LogP contribution in [-0.2, 0) is 4.79 Å². The molecule has 1 amide bonds. The summed E-state index contributed by atoms with van der Waals surface area (Å²) in [6, 6.07) is 4.75. The quantitative estimate of drug-likeness (QED) is 0.733. The van der Waals surface area contributed by atoms with E-state index in [1.807, 2.05) is 6.92 Å². The van der Waals surface area contributed by atoms with E-state index in [-0.39, 0.29) is 24.0 Å². The van der Waals surface area contributed by atoms with Gasteiger partial charge in [0.2, 0.25) is 0 Å². The zero-order chi connectivity index (χ0) is 14.4. The normalized spacial score (nSPS) is 11.9. The van der Waals surface area contributed by atoms with Gasteiger partial charge in [-0.15, -0.1) is 0 Å². The number of phenols is 1. The van der Waals surface area contributed by atoms with Gasteiger partial charge in [-0.05, 0) is 25.0 Å². The van der Waals surface area contributed by atoms with E-state index in [1.54, 1.807) is 19.1 Å². The first-order valence-electron chi connectivity index (χ1n) is 6.24. The summed E-state index contributed by atoms with van der Waals surface area (Å²) in [5.74, 6) is -1.17.